The Morgan fingerprint density at radius 3 is 2.37 bits per heavy atom. The Balaban J connectivity index is 1.86. The van der Waals surface area contributed by atoms with Crippen molar-refractivity contribution in [2.24, 2.45) is 0 Å². The van der Waals surface area contributed by atoms with E-state index in [4.69, 9.17) is 14.7 Å². The van der Waals surface area contributed by atoms with Crippen LogP contribution in [0.25, 0.3) is 0 Å². The predicted octanol–water partition coefficient (Wildman–Crippen LogP) is 3.63. The molecule has 2 aromatic carbocycles. The molecule has 1 N–H and O–H groups in total. The summed E-state index contributed by atoms with van der Waals surface area (Å²) in [5.41, 5.74) is 2.01. The fourth-order valence-electron chi connectivity index (χ4n) is 2.38. The predicted molar refractivity (Wildman–Crippen MR) is 101 cm³/mol. The van der Waals surface area contributed by atoms with Gasteiger partial charge in [0, 0.05) is 5.69 Å². The Bertz CT molecular complexity index is 838. The maximum Gasteiger partial charge on any atom is 0.344 e. The molecule has 0 saturated carbocycles. The normalized spacial score (nSPS) is 11.4. The molecule has 1 amide bonds. The van der Waals surface area contributed by atoms with Crippen molar-refractivity contribution < 1.29 is 19.1 Å². The van der Waals surface area contributed by atoms with Gasteiger partial charge in [0.25, 0.3) is 5.91 Å². The second kappa shape index (κ2) is 9.39. The van der Waals surface area contributed by atoms with Crippen molar-refractivity contribution in [2.75, 3.05) is 11.9 Å². The summed E-state index contributed by atoms with van der Waals surface area (Å²) in [5, 5.41) is 11.4. The van der Waals surface area contributed by atoms with Gasteiger partial charge in [-0.3, -0.25) is 4.79 Å². The highest BCUT2D eigenvalue weighted by Gasteiger charge is 2.19. The van der Waals surface area contributed by atoms with Crippen molar-refractivity contribution >= 4 is 17.6 Å². The zero-order valence-electron chi connectivity index (χ0n) is 15.6. The summed E-state index contributed by atoms with van der Waals surface area (Å²) in [4.78, 5) is 24.1. The lowest BCUT2D eigenvalue weighted by Crippen LogP contribution is -2.31. The number of rotatable bonds is 7. The van der Waals surface area contributed by atoms with Crippen molar-refractivity contribution in [3.05, 3.63) is 59.7 Å². The number of amides is 1. The van der Waals surface area contributed by atoms with E-state index < -0.39 is 18.0 Å². The van der Waals surface area contributed by atoms with E-state index >= 15 is 0 Å². The van der Waals surface area contributed by atoms with Gasteiger partial charge in [-0.2, -0.15) is 5.26 Å². The van der Waals surface area contributed by atoms with Crippen LogP contribution in [0.3, 0.4) is 0 Å². The van der Waals surface area contributed by atoms with Gasteiger partial charge in [-0.1, -0.05) is 32.0 Å². The molecule has 27 heavy (non-hydrogen) atoms. The maximum absolute atomic E-state index is 12.1. The van der Waals surface area contributed by atoms with Gasteiger partial charge >= 0.3 is 5.97 Å². The number of esters is 1. The minimum atomic E-state index is -0.975. The number of carbonyl (C=O) groups is 2. The largest absolute Gasteiger partial charge is 0.482 e. The lowest BCUT2D eigenvalue weighted by molar-refractivity contribution is -0.155. The number of benzene rings is 2. The van der Waals surface area contributed by atoms with E-state index in [1.54, 1.807) is 30.3 Å². The second-order valence-corrected chi connectivity index (χ2v) is 6.29. The Hall–Kier alpha value is -3.33. The van der Waals surface area contributed by atoms with Crippen molar-refractivity contribution in [3.63, 3.8) is 0 Å². The minimum absolute atomic E-state index is 0.259. The van der Waals surface area contributed by atoms with Gasteiger partial charge in [0.1, 0.15) is 5.75 Å². The number of ether oxygens (including phenoxy) is 2. The molecule has 140 valence electrons. The molecule has 0 aromatic heterocycles. The molecule has 0 saturated heterocycles. The van der Waals surface area contributed by atoms with E-state index in [1.165, 1.54) is 6.92 Å². The van der Waals surface area contributed by atoms with E-state index in [1.807, 2.05) is 38.1 Å². The molecule has 0 bridgehead atoms. The van der Waals surface area contributed by atoms with Gasteiger partial charge in [-0.25, -0.2) is 4.79 Å². The molecule has 0 heterocycles. The number of carbonyl (C=O) groups excluding carboxylic acids is 2. The van der Waals surface area contributed by atoms with Crippen LogP contribution in [0.2, 0.25) is 0 Å². The molecule has 6 nitrogen and oxygen atoms in total. The highest BCUT2D eigenvalue weighted by atomic mass is 16.6. The summed E-state index contributed by atoms with van der Waals surface area (Å²) < 4.78 is 10.7. The molecular weight excluding hydrogens is 344 g/mol. The minimum Gasteiger partial charge on any atom is -0.482 e. The smallest absolute Gasteiger partial charge is 0.344 e. The van der Waals surface area contributed by atoms with Crippen LogP contribution in [0.1, 0.15) is 37.8 Å². The van der Waals surface area contributed by atoms with Crippen LogP contribution >= 0.6 is 0 Å². The number of hydrogen-bond donors (Lipinski definition) is 1. The number of anilines is 1. The quantitative estimate of drug-likeness (QED) is 0.756. The van der Waals surface area contributed by atoms with Gasteiger partial charge in [0.05, 0.1) is 11.6 Å². The number of hydrogen-bond acceptors (Lipinski definition) is 5. The number of para-hydroxylation sites is 1. The first kappa shape index (κ1) is 20.0. The highest BCUT2D eigenvalue weighted by Crippen LogP contribution is 2.25. The van der Waals surface area contributed by atoms with Crippen LogP contribution in [0, 0.1) is 11.3 Å². The monoisotopic (exact) mass is 366 g/mol. The topological polar surface area (TPSA) is 88.4 Å². The average Bonchev–Trinajstić information content (AvgIpc) is 2.67. The number of nitrogens with zero attached hydrogens (tertiary/aromatic N) is 1. The van der Waals surface area contributed by atoms with Crippen molar-refractivity contribution in [1.29, 1.82) is 5.26 Å². The maximum atomic E-state index is 12.1. The standard InChI is InChI=1S/C21H22N2O4/c1-14(2)18-6-4-5-7-19(18)26-13-20(24)27-15(3)21(25)23-17-10-8-16(12-22)9-11-17/h4-11,14-15H,13H2,1-3H3,(H,23,25)/t15-/m0/s1. The van der Waals surface area contributed by atoms with Gasteiger partial charge in [0.15, 0.2) is 12.7 Å². The average molecular weight is 366 g/mol. The highest BCUT2D eigenvalue weighted by molar-refractivity contribution is 5.95. The molecule has 0 spiro atoms. The molecule has 0 aliphatic rings. The molecule has 2 rings (SSSR count). The SMILES string of the molecule is CC(C)c1ccccc1OCC(=O)O[C@@H](C)C(=O)Nc1ccc(C#N)cc1. The zero-order valence-corrected chi connectivity index (χ0v) is 15.6. The van der Waals surface area contributed by atoms with Crippen LogP contribution in [0.15, 0.2) is 48.5 Å². The summed E-state index contributed by atoms with van der Waals surface area (Å²) in [6.45, 7) is 5.28. The summed E-state index contributed by atoms with van der Waals surface area (Å²) in [6, 6.07) is 15.9. The van der Waals surface area contributed by atoms with Crippen LogP contribution < -0.4 is 10.1 Å². The second-order valence-electron chi connectivity index (χ2n) is 6.29. The fourth-order valence-corrected chi connectivity index (χ4v) is 2.38. The molecule has 0 aliphatic carbocycles. The van der Waals surface area contributed by atoms with Gasteiger partial charge in [-0.05, 0) is 48.7 Å². The van der Waals surface area contributed by atoms with E-state index in [-0.39, 0.29) is 12.5 Å². The number of nitrogens with one attached hydrogen (secondary N) is 1. The zero-order chi connectivity index (χ0) is 19.8. The summed E-state index contributed by atoms with van der Waals surface area (Å²) >= 11 is 0. The molecule has 2 aromatic rings. The molecule has 0 fully saturated rings. The third kappa shape index (κ3) is 5.86. The Morgan fingerprint density at radius 2 is 1.74 bits per heavy atom. The lowest BCUT2D eigenvalue weighted by Gasteiger charge is -2.16. The van der Waals surface area contributed by atoms with Gasteiger partial charge in [-0.15, -0.1) is 0 Å². The molecule has 0 unspecified atom stereocenters. The van der Waals surface area contributed by atoms with E-state index in [2.05, 4.69) is 5.32 Å². The van der Waals surface area contributed by atoms with Crippen LogP contribution in [-0.4, -0.2) is 24.6 Å². The lowest BCUT2D eigenvalue weighted by atomic mass is 10.0. The Kier molecular flexibility index (Phi) is 6.95. The van der Waals surface area contributed by atoms with Crippen molar-refractivity contribution in [1.82, 2.24) is 0 Å². The summed E-state index contributed by atoms with van der Waals surface area (Å²) in [5.74, 6) is -0.208. The first-order valence-corrected chi connectivity index (χ1v) is 8.63. The first-order chi connectivity index (χ1) is 12.9. The first-order valence-electron chi connectivity index (χ1n) is 8.63. The van der Waals surface area contributed by atoms with Crippen LogP contribution in [-0.2, 0) is 14.3 Å². The van der Waals surface area contributed by atoms with Gasteiger partial charge < -0.3 is 14.8 Å². The summed E-state index contributed by atoms with van der Waals surface area (Å²) in [7, 11) is 0. The summed E-state index contributed by atoms with van der Waals surface area (Å²) in [6.07, 6.45) is -0.975. The molecule has 6 heteroatoms. The number of nitriles is 1. The third-order valence-electron chi connectivity index (χ3n) is 3.85. The molecule has 0 aliphatic heterocycles. The van der Waals surface area contributed by atoms with Crippen LogP contribution in [0.5, 0.6) is 5.75 Å². The molecule has 0 radical (unpaired) electrons. The van der Waals surface area contributed by atoms with Gasteiger partial charge in [0.2, 0.25) is 0 Å². The van der Waals surface area contributed by atoms with Crippen molar-refractivity contribution in [3.8, 4) is 11.8 Å². The molecule has 1 atom stereocenters. The van der Waals surface area contributed by atoms with E-state index in [0.717, 1.165) is 5.56 Å². The Morgan fingerprint density at radius 1 is 1.07 bits per heavy atom. The third-order valence-corrected chi connectivity index (χ3v) is 3.85. The van der Waals surface area contributed by atoms with E-state index in [0.29, 0.717) is 17.0 Å². The molecular formula is C21H22N2O4. The van der Waals surface area contributed by atoms with Crippen molar-refractivity contribution in [2.45, 2.75) is 32.8 Å². The van der Waals surface area contributed by atoms with Crippen LogP contribution in [0.4, 0.5) is 5.69 Å². The van der Waals surface area contributed by atoms with E-state index in [9.17, 15) is 9.59 Å². The Labute approximate surface area is 158 Å². The fraction of sp³-hybridized carbons (Fsp3) is 0.286.